The third-order valence-corrected chi connectivity index (χ3v) is 7.50. The Bertz CT molecular complexity index is 1390. The molecule has 3 heterocycles. The van der Waals surface area contributed by atoms with Crippen molar-refractivity contribution in [3.8, 4) is 11.5 Å². The summed E-state index contributed by atoms with van der Waals surface area (Å²) in [5.74, 6) is 1.87. The number of carbonyl (C=O) groups excluding carboxylic acids is 1. The maximum absolute atomic E-state index is 13.3. The van der Waals surface area contributed by atoms with Crippen LogP contribution in [0.5, 0.6) is 0 Å². The Labute approximate surface area is 200 Å². The van der Waals surface area contributed by atoms with E-state index in [1.165, 1.54) is 23.7 Å². The molecule has 1 aliphatic carbocycles. The molecule has 1 amide bonds. The van der Waals surface area contributed by atoms with Gasteiger partial charge in [0.2, 0.25) is 0 Å². The van der Waals surface area contributed by atoms with Crippen molar-refractivity contribution in [3.63, 3.8) is 0 Å². The molecule has 6 heteroatoms. The SMILES string of the molecule is CCN[C@H](C)CN1CCc2cc3c(cc2C1=O)nc(-c1cc2ccccc2n1CC1CC1)n3C. The van der Waals surface area contributed by atoms with E-state index in [9.17, 15) is 4.79 Å². The highest BCUT2D eigenvalue weighted by Crippen LogP contribution is 2.37. The lowest BCUT2D eigenvalue weighted by atomic mass is 9.97. The van der Waals surface area contributed by atoms with Crippen LogP contribution >= 0.6 is 0 Å². The van der Waals surface area contributed by atoms with E-state index >= 15 is 0 Å². The molecule has 2 aromatic carbocycles. The van der Waals surface area contributed by atoms with Crippen LogP contribution in [-0.4, -0.2) is 50.6 Å². The predicted octanol–water partition coefficient (Wildman–Crippen LogP) is 4.60. The summed E-state index contributed by atoms with van der Waals surface area (Å²) >= 11 is 0. The van der Waals surface area contributed by atoms with Gasteiger partial charge in [0, 0.05) is 49.2 Å². The first kappa shape index (κ1) is 21.4. The van der Waals surface area contributed by atoms with Gasteiger partial charge in [0.1, 0.15) is 0 Å². The van der Waals surface area contributed by atoms with Crippen LogP contribution in [-0.2, 0) is 20.0 Å². The minimum atomic E-state index is 0.128. The maximum Gasteiger partial charge on any atom is 0.254 e. The normalized spacial score (nSPS) is 17.0. The second-order valence-corrected chi connectivity index (χ2v) is 10.1. The van der Waals surface area contributed by atoms with E-state index in [0.717, 1.165) is 72.2 Å². The van der Waals surface area contributed by atoms with Gasteiger partial charge in [-0.1, -0.05) is 25.1 Å². The van der Waals surface area contributed by atoms with Crippen molar-refractivity contribution in [2.45, 2.75) is 45.7 Å². The molecule has 0 unspecified atom stereocenters. The summed E-state index contributed by atoms with van der Waals surface area (Å²) in [6.45, 7) is 7.70. The van der Waals surface area contributed by atoms with Crippen LogP contribution in [0.4, 0.5) is 0 Å². The number of rotatable bonds is 7. The molecule has 0 spiro atoms. The van der Waals surface area contributed by atoms with Gasteiger partial charge in [-0.05, 0) is 68.5 Å². The van der Waals surface area contributed by atoms with Gasteiger partial charge in [-0.2, -0.15) is 0 Å². The first-order valence-corrected chi connectivity index (χ1v) is 12.6. The summed E-state index contributed by atoms with van der Waals surface area (Å²) in [5, 5.41) is 4.67. The van der Waals surface area contributed by atoms with Crippen molar-refractivity contribution in [2.24, 2.45) is 13.0 Å². The predicted molar refractivity (Wildman–Crippen MR) is 137 cm³/mol. The third-order valence-electron chi connectivity index (χ3n) is 7.50. The number of carbonyl (C=O) groups is 1. The van der Waals surface area contributed by atoms with E-state index in [2.05, 4.69) is 71.7 Å². The summed E-state index contributed by atoms with van der Waals surface area (Å²) in [7, 11) is 2.10. The average molecular weight is 456 g/mol. The van der Waals surface area contributed by atoms with Crippen LogP contribution in [0.3, 0.4) is 0 Å². The lowest BCUT2D eigenvalue weighted by Crippen LogP contribution is -2.45. The fourth-order valence-electron chi connectivity index (χ4n) is 5.51. The Balaban J connectivity index is 1.41. The molecule has 1 saturated carbocycles. The van der Waals surface area contributed by atoms with Gasteiger partial charge in [0.25, 0.3) is 5.91 Å². The quantitative estimate of drug-likeness (QED) is 0.443. The molecule has 1 fully saturated rings. The topological polar surface area (TPSA) is 55.1 Å². The van der Waals surface area contributed by atoms with Crippen molar-refractivity contribution in [1.29, 1.82) is 0 Å². The van der Waals surface area contributed by atoms with E-state index < -0.39 is 0 Å². The van der Waals surface area contributed by atoms with Gasteiger partial charge in [-0.25, -0.2) is 4.98 Å². The van der Waals surface area contributed by atoms with Crippen LogP contribution in [0.15, 0.2) is 42.5 Å². The number of likely N-dealkylation sites (N-methyl/N-ethyl adjacent to an activating group) is 1. The Morgan fingerprint density at radius 2 is 1.97 bits per heavy atom. The number of hydrogen-bond acceptors (Lipinski definition) is 3. The minimum Gasteiger partial charge on any atom is -0.338 e. The average Bonchev–Trinajstić information content (AvgIpc) is 3.51. The molecule has 34 heavy (non-hydrogen) atoms. The number of aryl methyl sites for hydroxylation is 1. The number of aromatic nitrogens is 3. The van der Waals surface area contributed by atoms with E-state index in [-0.39, 0.29) is 11.9 Å². The molecule has 176 valence electrons. The summed E-state index contributed by atoms with van der Waals surface area (Å²) in [6.07, 6.45) is 3.51. The van der Waals surface area contributed by atoms with Crippen LogP contribution in [0, 0.1) is 5.92 Å². The zero-order chi connectivity index (χ0) is 23.4. The Morgan fingerprint density at radius 3 is 2.76 bits per heavy atom. The number of fused-ring (bicyclic) bond motifs is 3. The molecular weight excluding hydrogens is 422 g/mol. The molecule has 1 N–H and O–H groups in total. The largest absolute Gasteiger partial charge is 0.338 e. The number of benzene rings is 2. The van der Waals surface area contributed by atoms with Gasteiger partial charge < -0.3 is 19.4 Å². The van der Waals surface area contributed by atoms with E-state index in [0.29, 0.717) is 0 Å². The molecule has 2 aliphatic rings. The smallest absolute Gasteiger partial charge is 0.254 e. The van der Waals surface area contributed by atoms with E-state index in [4.69, 9.17) is 4.98 Å². The first-order chi connectivity index (χ1) is 16.5. The van der Waals surface area contributed by atoms with Gasteiger partial charge in [-0.15, -0.1) is 0 Å². The summed E-state index contributed by atoms with van der Waals surface area (Å²) < 4.78 is 4.65. The molecule has 0 saturated heterocycles. The van der Waals surface area contributed by atoms with Crippen molar-refractivity contribution in [1.82, 2.24) is 24.3 Å². The highest BCUT2D eigenvalue weighted by Gasteiger charge is 2.28. The zero-order valence-corrected chi connectivity index (χ0v) is 20.3. The van der Waals surface area contributed by atoms with Gasteiger partial charge in [0.15, 0.2) is 5.82 Å². The van der Waals surface area contributed by atoms with Crippen LogP contribution in [0.25, 0.3) is 33.5 Å². The third kappa shape index (κ3) is 3.61. The monoisotopic (exact) mass is 455 g/mol. The summed E-state index contributed by atoms with van der Waals surface area (Å²) in [6, 6.07) is 15.4. The number of nitrogens with one attached hydrogen (secondary N) is 1. The molecule has 6 nitrogen and oxygen atoms in total. The molecule has 1 aliphatic heterocycles. The lowest BCUT2D eigenvalue weighted by molar-refractivity contribution is 0.0726. The Hall–Kier alpha value is -3.12. The minimum absolute atomic E-state index is 0.128. The van der Waals surface area contributed by atoms with Gasteiger partial charge in [-0.3, -0.25) is 4.79 Å². The Kier molecular flexibility index (Phi) is 5.21. The molecule has 2 aromatic heterocycles. The highest BCUT2D eigenvalue weighted by atomic mass is 16.2. The maximum atomic E-state index is 13.3. The van der Waals surface area contributed by atoms with Crippen molar-refractivity contribution >= 4 is 27.8 Å². The van der Waals surface area contributed by atoms with Crippen LogP contribution in [0.1, 0.15) is 42.6 Å². The van der Waals surface area contributed by atoms with Crippen molar-refractivity contribution < 1.29 is 4.79 Å². The van der Waals surface area contributed by atoms with Crippen LogP contribution in [0.2, 0.25) is 0 Å². The van der Waals surface area contributed by atoms with Crippen molar-refractivity contribution in [3.05, 3.63) is 53.6 Å². The number of nitrogens with zero attached hydrogens (tertiary/aromatic N) is 4. The molecule has 0 bridgehead atoms. The summed E-state index contributed by atoms with van der Waals surface area (Å²) in [4.78, 5) is 20.4. The fraction of sp³-hybridized carbons (Fsp3) is 0.429. The molecule has 4 aromatic rings. The molecule has 1 atom stereocenters. The molecule has 6 rings (SSSR count). The number of imidazole rings is 1. The molecular formula is C28H33N5O. The lowest BCUT2D eigenvalue weighted by Gasteiger charge is -2.31. The summed E-state index contributed by atoms with van der Waals surface area (Å²) in [5.41, 5.74) is 6.38. The van der Waals surface area contributed by atoms with E-state index in [1.807, 2.05) is 11.0 Å². The highest BCUT2D eigenvalue weighted by molar-refractivity contribution is 6.00. The number of amides is 1. The van der Waals surface area contributed by atoms with Gasteiger partial charge in [0.05, 0.1) is 16.7 Å². The number of para-hydroxylation sites is 1. The Morgan fingerprint density at radius 1 is 1.15 bits per heavy atom. The van der Waals surface area contributed by atoms with E-state index in [1.54, 1.807) is 0 Å². The van der Waals surface area contributed by atoms with Crippen molar-refractivity contribution in [2.75, 3.05) is 19.6 Å². The first-order valence-electron chi connectivity index (χ1n) is 12.6. The second kappa shape index (κ2) is 8.27. The molecule has 0 radical (unpaired) electrons. The zero-order valence-electron chi connectivity index (χ0n) is 20.3. The number of hydrogen-bond donors (Lipinski definition) is 1. The van der Waals surface area contributed by atoms with Gasteiger partial charge >= 0.3 is 0 Å². The second-order valence-electron chi connectivity index (χ2n) is 10.1. The van der Waals surface area contributed by atoms with Crippen LogP contribution < -0.4 is 5.32 Å². The fourth-order valence-corrected chi connectivity index (χ4v) is 5.51. The standard InChI is InChI=1S/C28H33N5O/c1-4-29-18(2)16-32-12-11-20-13-25-23(15-22(20)28(32)34)30-27(31(25)3)26-14-21-7-5-6-8-24(21)33(26)17-19-9-10-19/h5-8,13-15,18-19,29H,4,9-12,16-17H2,1-3H3/t18-/m1/s1.